The number of carbonyl (C=O) groups excluding carboxylic acids is 1. The molecule has 4 atom stereocenters. The van der Waals surface area contributed by atoms with Crippen molar-refractivity contribution in [1.29, 1.82) is 0 Å². The second-order valence-electron chi connectivity index (χ2n) is 7.33. The maximum absolute atomic E-state index is 13.1. The van der Waals surface area contributed by atoms with Crippen molar-refractivity contribution in [3.05, 3.63) is 47.5 Å². The van der Waals surface area contributed by atoms with Gasteiger partial charge in [-0.2, -0.15) is 0 Å². The number of hydrogen-bond donors (Lipinski definition) is 1. The molecule has 3 rings (SSSR count). The van der Waals surface area contributed by atoms with Gasteiger partial charge in [0.05, 0.1) is 28.4 Å². The Balaban J connectivity index is 1.98. The molecule has 0 spiro atoms. The summed E-state index contributed by atoms with van der Waals surface area (Å²) >= 11 is 0. The number of piperidine rings is 1. The summed E-state index contributed by atoms with van der Waals surface area (Å²) in [6, 6.07) is 11.3. The second kappa shape index (κ2) is 8.74. The highest BCUT2D eigenvalue weighted by Gasteiger charge is 2.40. The minimum atomic E-state index is -0.167. The normalized spacial score (nSPS) is 24.1. The molecule has 6 nitrogen and oxygen atoms in total. The minimum Gasteiger partial charge on any atom is -0.493 e. The maximum Gasteiger partial charge on any atom is 0.161 e. The average Bonchev–Trinajstić information content (AvgIpc) is 2.76. The fraction of sp³-hybridized carbons (Fsp3) is 0.435. The molecule has 1 fully saturated rings. The third-order valence-electron chi connectivity index (χ3n) is 5.79. The summed E-state index contributed by atoms with van der Waals surface area (Å²) < 4.78 is 21.6. The van der Waals surface area contributed by atoms with Gasteiger partial charge in [-0.3, -0.25) is 4.79 Å². The number of rotatable bonds is 6. The van der Waals surface area contributed by atoms with Gasteiger partial charge in [-0.05, 0) is 35.4 Å². The Bertz CT molecular complexity index is 812. The van der Waals surface area contributed by atoms with E-state index < -0.39 is 0 Å². The molecule has 0 radical (unpaired) electrons. The zero-order chi connectivity index (χ0) is 21.1. The first-order valence-corrected chi connectivity index (χ1v) is 9.68. The number of ketones is 1. The Labute approximate surface area is 172 Å². The number of ether oxygens (including phenoxy) is 4. The van der Waals surface area contributed by atoms with Crippen LogP contribution < -0.4 is 24.3 Å². The summed E-state index contributed by atoms with van der Waals surface area (Å²) in [5, 5.41) is 3.68. The molecule has 0 aromatic heterocycles. The van der Waals surface area contributed by atoms with Gasteiger partial charge < -0.3 is 24.3 Å². The monoisotopic (exact) mass is 399 g/mol. The predicted octanol–water partition coefficient (Wildman–Crippen LogP) is 3.95. The number of Topliss-reactive ketones (excluding diaryl/α,β-unsaturated/α-hetero) is 1. The van der Waals surface area contributed by atoms with Crippen LogP contribution in [0.25, 0.3) is 0 Å². The van der Waals surface area contributed by atoms with Crippen LogP contribution in [-0.4, -0.2) is 34.2 Å². The standard InChI is InChI=1S/C23H29NO5/c1-13-21(15-7-9-17(26-3)19(11-15)28-5)24-22(14(2)23(13)25)16-8-10-18(27-4)20(12-16)29-6/h7-14,21-22,24H,1-6H3/t13-,14+,21-,22-/m0/s1. The van der Waals surface area contributed by atoms with Gasteiger partial charge in [0.15, 0.2) is 23.0 Å². The van der Waals surface area contributed by atoms with E-state index in [0.717, 1.165) is 11.1 Å². The fourth-order valence-corrected chi connectivity index (χ4v) is 4.09. The van der Waals surface area contributed by atoms with Gasteiger partial charge in [-0.15, -0.1) is 0 Å². The zero-order valence-electron chi connectivity index (χ0n) is 17.8. The van der Waals surface area contributed by atoms with Crippen molar-refractivity contribution in [2.24, 2.45) is 11.8 Å². The Morgan fingerprint density at radius 1 is 0.655 bits per heavy atom. The molecule has 29 heavy (non-hydrogen) atoms. The van der Waals surface area contributed by atoms with Crippen molar-refractivity contribution < 1.29 is 23.7 Å². The van der Waals surface area contributed by atoms with Crippen molar-refractivity contribution in [1.82, 2.24) is 5.32 Å². The van der Waals surface area contributed by atoms with Crippen LogP contribution in [0.15, 0.2) is 36.4 Å². The molecular formula is C23H29NO5. The van der Waals surface area contributed by atoms with E-state index in [1.807, 2.05) is 50.2 Å². The fourth-order valence-electron chi connectivity index (χ4n) is 4.09. The highest BCUT2D eigenvalue weighted by molar-refractivity contribution is 5.85. The van der Waals surface area contributed by atoms with Crippen LogP contribution in [0.1, 0.15) is 37.1 Å². The van der Waals surface area contributed by atoms with E-state index in [4.69, 9.17) is 18.9 Å². The average molecular weight is 399 g/mol. The van der Waals surface area contributed by atoms with Gasteiger partial charge in [0, 0.05) is 23.9 Å². The van der Waals surface area contributed by atoms with Crippen LogP contribution in [-0.2, 0) is 4.79 Å². The Hall–Kier alpha value is -2.73. The van der Waals surface area contributed by atoms with Crippen molar-refractivity contribution in [2.45, 2.75) is 25.9 Å². The van der Waals surface area contributed by atoms with Gasteiger partial charge in [-0.25, -0.2) is 0 Å². The smallest absolute Gasteiger partial charge is 0.161 e. The second-order valence-corrected chi connectivity index (χ2v) is 7.33. The van der Waals surface area contributed by atoms with E-state index in [1.54, 1.807) is 28.4 Å². The van der Waals surface area contributed by atoms with Gasteiger partial charge in [0.2, 0.25) is 0 Å². The lowest BCUT2D eigenvalue weighted by molar-refractivity contribution is -0.130. The topological polar surface area (TPSA) is 66.0 Å². The van der Waals surface area contributed by atoms with Crippen molar-refractivity contribution in [3.8, 4) is 23.0 Å². The first kappa shape index (κ1) is 21.0. The summed E-state index contributed by atoms with van der Waals surface area (Å²) in [7, 11) is 6.44. The molecule has 2 aromatic rings. The lowest BCUT2D eigenvalue weighted by Gasteiger charge is -2.39. The summed E-state index contributed by atoms with van der Waals surface area (Å²) in [5.74, 6) is 2.51. The van der Waals surface area contributed by atoms with E-state index in [-0.39, 0.29) is 29.7 Å². The van der Waals surface area contributed by atoms with Crippen LogP contribution in [0.5, 0.6) is 23.0 Å². The van der Waals surface area contributed by atoms with Gasteiger partial charge >= 0.3 is 0 Å². The SMILES string of the molecule is COc1ccc([C@H]2N[C@H](c3ccc(OC)c(OC)c3)[C@@H](C)C(=O)[C@H]2C)cc1OC. The Morgan fingerprint density at radius 3 is 1.38 bits per heavy atom. The van der Waals surface area contributed by atoms with Crippen molar-refractivity contribution in [3.63, 3.8) is 0 Å². The Morgan fingerprint density at radius 2 is 1.03 bits per heavy atom. The van der Waals surface area contributed by atoms with E-state index in [2.05, 4.69) is 5.32 Å². The third-order valence-corrected chi connectivity index (χ3v) is 5.79. The molecule has 1 N–H and O–H groups in total. The molecule has 0 unspecified atom stereocenters. The lowest BCUT2D eigenvalue weighted by atomic mass is 9.76. The molecule has 0 saturated carbocycles. The van der Waals surface area contributed by atoms with Crippen LogP contribution >= 0.6 is 0 Å². The molecule has 1 aliphatic heterocycles. The molecule has 0 bridgehead atoms. The third kappa shape index (κ3) is 3.90. The Kier molecular flexibility index (Phi) is 6.33. The van der Waals surface area contributed by atoms with Gasteiger partial charge in [-0.1, -0.05) is 26.0 Å². The van der Waals surface area contributed by atoms with Crippen molar-refractivity contribution >= 4 is 5.78 Å². The molecular weight excluding hydrogens is 370 g/mol. The lowest BCUT2D eigenvalue weighted by Crippen LogP contribution is -2.46. The first-order chi connectivity index (χ1) is 13.9. The van der Waals surface area contributed by atoms with Crippen LogP contribution in [0.4, 0.5) is 0 Å². The molecule has 1 saturated heterocycles. The molecule has 2 aromatic carbocycles. The van der Waals surface area contributed by atoms with E-state index in [0.29, 0.717) is 23.0 Å². The first-order valence-electron chi connectivity index (χ1n) is 9.68. The number of nitrogens with one attached hydrogen (secondary N) is 1. The quantitative estimate of drug-likeness (QED) is 0.794. The van der Waals surface area contributed by atoms with Crippen LogP contribution in [0.2, 0.25) is 0 Å². The highest BCUT2D eigenvalue weighted by Crippen LogP contribution is 2.41. The van der Waals surface area contributed by atoms with E-state index in [1.165, 1.54) is 0 Å². The number of methoxy groups -OCH3 is 4. The summed E-state index contributed by atoms with van der Waals surface area (Å²) in [5.41, 5.74) is 1.97. The molecule has 6 heteroatoms. The number of hydrogen-bond acceptors (Lipinski definition) is 6. The van der Waals surface area contributed by atoms with E-state index in [9.17, 15) is 4.79 Å². The summed E-state index contributed by atoms with van der Waals surface area (Å²) in [6.45, 7) is 3.94. The highest BCUT2D eigenvalue weighted by atomic mass is 16.5. The summed E-state index contributed by atoms with van der Waals surface area (Å²) in [4.78, 5) is 13.1. The van der Waals surface area contributed by atoms with Gasteiger partial charge in [0.1, 0.15) is 5.78 Å². The van der Waals surface area contributed by atoms with Crippen LogP contribution in [0, 0.1) is 11.8 Å². The number of benzene rings is 2. The molecule has 1 aliphatic rings. The zero-order valence-corrected chi connectivity index (χ0v) is 17.8. The molecule has 0 aliphatic carbocycles. The maximum atomic E-state index is 13.1. The minimum absolute atomic E-state index is 0.142. The van der Waals surface area contributed by atoms with Gasteiger partial charge in [0.25, 0.3) is 0 Å². The largest absolute Gasteiger partial charge is 0.493 e. The molecule has 1 heterocycles. The molecule has 156 valence electrons. The van der Waals surface area contributed by atoms with E-state index >= 15 is 0 Å². The number of carbonyl (C=O) groups is 1. The van der Waals surface area contributed by atoms with Crippen molar-refractivity contribution in [2.75, 3.05) is 28.4 Å². The predicted molar refractivity (Wildman–Crippen MR) is 111 cm³/mol. The van der Waals surface area contributed by atoms with Crippen LogP contribution in [0.3, 0.4) is 0 Å². The molecule has 0 amide bonds. The summed E-state index contributed by atoms with van der Waals surface area (Å²) in [6.07, 6.45) is 0.